The van der Waals surface area contributed by atoms with Gasteiger partial charge in [0.1, 0.15) is 0 Å². The summed E-state index contributed by atoms with van der Waals surface area (Å²) in [6.45, 7) is 0. The first kappa shape index (κ1) is 33.1. The number of aromatic nitrogens is 4. The molecule has 0 aliphatic carbocycles. The molecular weight excluding hydrogens is 777 g/mol. The number of hydrogen-bond donors (Lipinski definition) is 0. The summed E-state index contributed by atoms with van der Waals surface area (Å²) in [4.78, 5) is 0. The molecule has 294 valence electrons. The first-order valence-electron chi connectivity index (χ1n) is 22.2. The molecule has 0 aliphatic rings. The van der Waals surface area contributed by atoms with Crippen molar-refractivity contribution in [1.82, 2.24) is 17.9 Å². The average molecular weight is 811 g/mol. The van der Waals surface area contributed by atoms with Crippen LogP contribution in [0.2, 0.25) is 0 Å². The van der Waals surface area contributed by atoms with Gasteiger partial charge < -0.3 is 17.9 Å². The molecule has 4 heteroatoms. The summed E-state index contributed by atoms with van der Waals surface area (Å²) in [6.07, 6.45) is 0. The summed E-state index contributed by atoms with van der Waals surface area (Å²) < 4.78 is 10.2. The fourth-order valence-corrected chi connectivity index (χ4v) is 12.2. The predicted molar refractivity (Wildman–Crippen MR) is 270 cm³/mol. The lowest BCUT2D eigenvalue weighted by atomic mass is 9.94. The van der Waals surface area contributed by atoms with Crippen LogP contribution in [-0.2, 0) is 0 Å². The van der Waals surface area contributed by atoms with Crippen molar-refractivity contribution in [2.45, 2.75) is 0 Å². The van der Waals surface area contributed by atoms with E-state index in [1.165, 1.54) is 131 Å². The van der Waals surface area contributed by atoms with Crippen LogP contribution in [0.15, 0.2) is 206 Å². The summed E-state index contributed by atoms with van der Waals surface area (Å²) in [7, 11) is 0. The molecule has 6 heterocycles. The van der Waals surface area contributed by atoms with Crippen molar-refractivity contribution in [3.8, 4) is 22.5 Å². The van der Waals surface area contributed by atoms with Crippen LogP contribution < -0.4 is 0 Å². The van der Waals surface area contributed by atoms with E-state index >= 15 is 0 Å². The minimum atomic E-state index is 1.16. The molecule has 16 aromatic rings. The maximum Gasteiger partial charge on any atom is 0.0641 e. The minimum absolute atomic E-state index is 1.16. The topological polar surface area (TPSA) is 18.7 Å². The molecule has 0 bridgehead atoms. The second-order valence-electron chi connectivity index (χ2n) is 17.6. The Labute approximate surface area is 364 Å². The standard InChI is InChI=1S/C60H34N4/c1-4-18-35(19-5-1)52-59-44(55-53-40-26-12-16-30-48(40)61(36-20-6-2-7-21-36)50(53)33-42-38-24-10-14-28-46(38)63(59)57(42)55)32-45-56-54-41-27-13-17-31-49(41)62(37-22-8-3-9-23-37)51(54)34-43-39-25-11-15-29-47(39)64(58(43)56)60(45)52/h1-34H. The fourth-order valence-electron chi connectivity index (χ4n) is 12.2. The first-order chi connectivity index (χ1) is 31.8. The van der Waals surface area contributed by atoms with Crippen LogP contribution in [0.25, 0.3) is 142 Å². The number of rotatable bonds is 3. The number of para-hydroxylation sites is 6. The van der Waals surface area contributed by atoms with Crippen molar-refractivity contribution in [1.29, 1.82) is 0 Å². The van der Waals surface area contributed by atoms with Gasteiger partial charge in [-0.2, -0.15) is 0 Å². The van der Waals surface area contributed by atoms with Crippen LogP contribution in [-0.4, -0.2) is 17.9 Å². The molecule has 6 aromatic heterocycles. The third-order valence-electron chi connectivity index (χ3n) is 14.5. The number of fused-ring (bicyclic) bond motifs is 20. The van der Waals surface area contributed by atoms with E-state index in [0.717, 1.165) is 11.4 Å². The molecule has 0 aliphatic heterocycles. The Bertz CT molecular complexity index is 4350. The smallest absolute Gasteiger partial charge is 0.0641 e. The largest absolute Gasteiger partial charge is 0.309 e. The minimum Gasteiger partial charge on any atom is -0.309 e. The second kappa shape index (κ2) is 11.6. The highest BCUT2D eigenvalue weighted by Gasteiger charge is 2.31. The van der Waals surface area contributed by atoms with Gasteiger partial charge in [-0.3, -0.25) is 0 Å². The molecule has 0 unspecified atom stereocenters. The Morgan fingerprint density at radius 3 is 1.06 bits per heavy atom. The zero-order valence-electron chi connectivity index (χ0n) is 34.4. The third-order valence-corrected chi connectivity index (χ3v) is 14.5. The summed E-state index contributed by atoms with van der Waals surface area (Å²) >= 11 is 0. The molecule has 16 rings (SSSR count). The van der Waals surface area contributed by atoms with E-state index < -0.39 is 0 Å². The summed E-state index contributed by atoms with van der Waals surface area (Å²) in [6, 6.07) is 76.6. The van der Waals surface area contributed by atoms with Crippen molar-refractivity contribution in [2.24, 2.45) is 0 Å². The summed E-state index contributed by atoms with van der Waals surface area (Å²) in [5, 5.41) is 15.4. The van der Waals surface area contributed by atoms with Crippen LogP contribution in [0.4, 0.5) is 0 Å². The van der Waals surface area contributed by atoms with Crippen molar-refractivity contribution < 1.29 is 0 Å². The number of nitrogens with zero attached hydrogens (tertiary/aromatic N) is 4. The fraction of sp³-hybridized carbons (Fsp3) is 0. The molecular formula is C60H34N4. The monoisotopic (exact) mass is 810 g/mol. The van der Waals surface area contributed by atoms with Crippen LogP contribution in [0.5, 0.6) is 0 Å². The Morgan fingerprint density at radius 1 is 0.234 bits per heavy atom. The van der Waals surface area contributed by atoms with Gasteiger partial charge in [0.15, 0.2) is 0 Å². The van der Waals surface area contributed by atoms with E-state index in [0.29, 0.717) is 0 Å². The van der Waals surface area contributed by atoms with Gasteiger partial charge in [-0.1, -0.05) is 140 Å². The first-order valence-corrected chi connectivity index (χ1v) is 22.2. The molecule has 0 saturated carbocycles. The molecule has 4 nitrogen and oxygen atoms in total. The van der Waals surface area contributed by atoms with Crippen LogP contribution in [0.1, 0.15) is 0 Å². The Morgan fingerprint density at radius 2 is 0.609 bits per heavy atom. The van der Waals surface area contributed by atoms with Crippen molar-refractivity contribution in [3.05, 3.63) is 206 Å². The molecule has 0 N–H and O–H groups in total. The molecule has 0 spiro atoms. The molecule has 0 fully saturated rings. The van der Waals surface area contributed by atoms with Crippen molar-refractivity contribution in [2.75, 3.05) is 0 Å². The highest BCUT2D eigenvalue weighted by atomic mass is 15.0. The highest BCUT2D eigenvalue weighted by molar-refractivity contribution is 6.42. The Balaban J connectivity index is 1.25. The lowest BCUT2D eigenvalue weighted by Gasteiger charge is -2.11. The van der Waals surface area contributed by atoms with E-state index in [9.17, 15) is 0 Å². The zero-order chi connectivity index (χ0) is 41.4. The van der Waals surface area contributed by atoms with Gasteiger partial charge in [-0.15, -0.1) is 0 Å². The van der Waals surface area contributed by atoms with E-state index in [-0.39, 0.29) is 0 Å². The number of benzene rings is 10. The maximum absolute atomic E-state index is 2.62. The van der Waals surface area contributed by atoms with E-state index in [1.54, 1.807) is 0 Å². The highest BCUT2D eigenvalue weighted by Crippen LogP contribution is 2.54. The molecule has 0 saturated heterocycles. The van der Waals surface area contributed by atoms with Gasteiger partial charge in [0.25, 0.3) is 0 Å². The third kappa shape index (κ3) is 3.84. The van der Waals surface area contributed by atoms with Gasteiger partial charge in [-0.05, 0) is 72.3 Å². The molecule has 0 atom stereocenters. The van der Waals surface area contributed by atoms with E-state index in [4.69, 9.17) is 0 Å². The zero-order valence-corrected chi connectivity index (χ0v) is 34.4. The van der Waals surface area contributed by atoms with Gasteiger partial charge in [0.2, 0.25) is 0 Å². The SMILES string of the molecule is c1ccc(-c2c3c(cc4c5c6c7ccccc7n(-c7ccccc7)c6cc6c7ccccc7n(c24)c65)c2c4c5ccccc5n(-c5ccccc5)c4cc4c5ccccc5n3c42)cc1. The quantitative estimate of drug-likeness (QED) is 0.169. The molecule has 64 heavy (non-hydrogen) atoms. The molecule has 0 radical (unpaired) electrons. The van der Waals surface area contributed by atoms with Crippen LogP contribution in [0, 0.1) is 0 Å². The Kier molecular flexibility index (Phi) is 6.02. The van der Waals surface area contributed by atoms with Gasteiger partial charge in [0.05, 0.1) is 55.2 Å². The lowest BCUT2D eigenvalue weighted by Crippen LogP contribution is -1.92. The molecule has 0 amide bonds. The van der Waals surface area contributed by atoms with Gasteiger partial charge in [-0.25, -0.2) is 0 Å². The molecule has 10 aromatic carbocycles. The average Bonchev–Trinajstić information content (AvgIpc) is 4.19. The summed E-state index contributed by atoms with van der Waals surface area (Å²) in [5.74, 6) is 0. The number of hydrogen-bond acceptors (Lipinski definition) is 0. The Hall–Kier alpha value is -8.60. The van der Waals surface area contributed by atoms with Gasteiger partial charge in [0, 0.05) is 81.6 Å². The lowest BCUT2D eigenvalue weighted by molar-refractivity contribution is 1.18. The predicted octanol–water partition coefficient (Wildman–Crippen LogP) is 15.8. The van der Waals surface area contributed by atoms with Crippen LogP contribution >= 0.6 is 0 Å². The van der Waals surface area contributed by atoms with E-state index in [2.05, 4.69) is 224 Å². The van der Waals surface area contributed by atoms with Crippen LogP contribution in [0.3, 0.4) is 0 Å². The maximum atomic E-state index is 2.62. The second-order valence-corrected chi connectivity index (χ2v) is 17.6. The van der Waals surface area contributed by atoms with E-state index in [1.807, 2.05) is 0 Å². The van der Waals surface area contributed by atoms with Gasteiger partial charge >= 0.3 is 0 Å². The van der Waals surface area contributed by atoms with Crippen molar-refractivity contribution in [3.63, 3.8) is 0 Å². The summed E-state index contributed by atoms with van der Waals surface area (Å²) in [5.41, 5.74) is 17.2. The normalized spacial score (nSPS) is 12.7. The van der Waals surface area contributed by atoms with Crippen molar-refractivity contribution >= 4 is 120 Å².